The minimum atomic E-state index is -0.0638. The Morgan fingerprint density at radius 3 is 2.45 bits per heavy atom. The van der Waals surface area contributed by atoms with Crippen molar-refractivity contribution in [3.63, 3.8) is 0 Å². The summed E-state index contributed by atoms with van der Waals surface area (Å²) in [5.41, 5.74) is 1.83. The summed E-state index contributed by atoms with van der Waals surface area (Å²) < 4.78 is 1.79. The van der Waals surface area contributed by atoms with Crippen LogP contribution in [0, 0.1) is 0 Å². The molecule has 1 aromatic carbocycles. The molecule has 20 heavy (non-hydrogen) atoms. The van der Waals surface area contributed by atoms with Crippen molar-refractivity contribution in [1.29, 1.82) is 0 Å². The molecule has 0 atom stereocenters. The highest BCUT2D eigenvalue weighted by Gasteiger charge is 2.21. The summed E-state index contributed by atoms with van der Waals surface area (Å²) in [4.78, 5) is 11.7. The number of nitrogens with zero attached hydrogens (tertiary/aromatic N) is 2. The summed E-state index contributed by atoms with van der Waals surface area (Å²) in [6.45, 7) is 8.16. The first kappa shape index (κ1) is 14.3. The van der Waals surface area contributed by atoms with Crippen molar-refractivity contribution in [2.24, 2.45) is 0 Å². The van der Waals surface area contributed by atoms with Crippen molar-refractivity contribution in [3.8, 4) is 5.69 Å². The Morgan fingerprint density at radius 1 is 1.25 bits per heavy atom. The second-order valence-corrected chi connectivity index (χ2v) is 5.81. The Balaban J connectivity index is 2.48. The highest BCUT2D eigenvalue weighted by atomic mass is 16.1. The van der Waals surface area contributed by atoms with Gasteiger partial charge in [0.15, 0.2) is 0 Å². The molecule has 1 amide bonds. The van der Waals surface area contributed by atoms with Crippen LogP contribution in [0.5, 0.6) is 0 Å². The number of hydrogen-bond donors (Lipinski definition) is 1. The van der Waals surface area contributed by atoms with Crippen molar-refractivity contribution < 1.29 is 4.79 Å². The Morgan fingerprint density at radius 2 is 1.90 bits per heavy atom. The minimum absolute atomic E-state index is 0.0115. The third kappa shape index (κ3) is 3.07. The van der Waals surface area contributed by atoms with Gasteiger partial charge in [-0.25, -0.2) is 4.68 Å². The van der Waals surface area contributed by atoms with Crippen LogP contribution in [0.15, 0.2) is 36.4 Å². The molecule has 0 aliphatic rings. The van der Waals surface area contributed by atoms with Gasteiger partial charge < -0.3 is 5.32 Å². The quantitative estimate of drug-likeness (QED) is 0.928. The van der Waals surface area contributed by atoms with Crippen molar-refractivity contribution >= 4 is 11.7 Å². The Bertz CT molecular complexity index is 594. The van der Waals surface area contributed by atoms with Gasteiger partial charge in [-0.1, -0.05) is 45.9 Å². The molecule has 2 aromatic rings. The van der Waals surface area contributed by atoms with E-state index in [9.17, 15) is 4.79 Å². The van der Waals surface area contributed by atoms with E-state index in [2.05, 4.69) is 31.2 Å². The van der Waals surface area contributed by atoms with Gasteiger partial charge in [-0.2, -0.15) is 5.10 Å². The van der Waals surface area contributed by atoms with Crippen LogP contribution in [0.4, 0.5) is 5.82 Å². The van der Waals surface area contributed by atoms with Gasteiger partial charge in [0.05, 0.1) is 11.4 Å². The fraction of sp³-hybridized carbons (Fsp3) is 0.375. The van der Waals surface area contributed by atoms with Crippen molar-refractivity contribution in [3.05, 3.63) is 42.1 Å². The standard InChI is InChI=1S/C16H21N3O/c1-5-15(20)17-14-11-13(16(2,3)4)18-19(14)12-9-7-6-8-10-12/h6-11H,5H2,1-4H3,(H,17,20). The van der Waals surface area contributed by atoms with Crippen LogP contribution in [-0.2, 0) is 10.2 Å². The molecular formula is C16H21N3O. The smallest absolute Gasteiger partial charge is 0.225 e. The molecule has 0 saturated heterocycles. The lowest BCUT2D eigenvalue weighted by molar-refractivity contribution is -0.115. The highest BCUT2D eigenvalue weighted by molar-refractivity contribution is 5.90. The molecule has 4 heteroatoms. The number of benzene rings is 1. The molecule has 0 unspecified atom stereocenters. The van der Waals surface area contributed by atoms with E-state index < -0.39 is 0 Å². The molecule has 0 saturated carbocycles. The zero-order valence-corrected chi connectivity index (χ0v) is 12.5. The number of hydrogen-bond acceptors (Lipinski definition) is 2. The summed E-state index contributed by atoms with van der Waals surface area (Å²) in [7, 11) is 0. The first-order valence-corrected chi connectivity index (χ1v) is 6.87. The largest absolute Gasteiger partial charge is 0.311 e. The summed E-state index contributed by atoms with van der Waals surface area (Å²) in [6, 6.07) is 11.8. The maximum absolute atomic E-state index is 11.7. The van der Waals surface area contributed by atoms with E-state index >= 15 is 0 Å². The third-order valence-electron chi connectivity index (χ3n) is 3.07. The van der Waals surface area contributed by atoms with Crippen LogP contribution in [0.3, 0.4) is 0 Å². The lowest BCUT2D eigenvalue weighted by Gasteiger charge is -2.14. The number of amides is 1. The molecule has 0 fully saturated rings. The molecule has 1 aromatic heterocycles. The summed E-state index contributed by atoms with van der Waals surface area (Å²) in [5.74, 6) is 0.704. The van der Waals surface area contributed by atoms with Crippen molar-refractivity contribution in [2.45, 2.75) is 39.5 Å². The number of anilines is 1. The molecule has 2 rings (SSSR count). The number of carbonyl (C=O) groups excluding carboxylic acids is 1. The fourth-order valence-electron chi connectivity index (χ4n) is 1.83. The van der Waals surface area contributed by atoms with Gasteiger partial charge in [-0.3, -0.25) is 4.79 Å². The van der Waals surface area contributed by atoms with Gasteiger partial charge in [0.1, 0.15) is 5.82 Å². The van der Waals surface area contributed by atoms with E-state index in [1.807, 2.05) is 43.3 Å². The molecule has 0 aliphatic carbocycles. The van der Waals surface area contributed by atoms with E-state index in [-0.39, 0.29) is 11.3 Å². The molecule has 0 radical (unpaired) electrons. The lowest BCUT2D eigenvalue weighted by atomic mass is 9.92. The average molecular weight is 271 g/mol. The maximum atomic E-state index is 11.7. The molecular weight excluding hydrogens is 250 g/mol. The minimum Gasteiger partial charge on any atom is -0.311 e. The van der Waals surface area contributed by atoms with Gasteiger partial charge in [-0.05, 0) is 12.1 Å². The topological polar surface area (TPSA) is 46.9 Å². The van der Waals surface area contributed by atoms with Gasteiger partial charge in [0, 0.05) is 17.9 Å². The second-order valence-electron chi connectivity index (χ2n) is 5.81. The van der Waals surface area contributed by atoms with Crippen molar-refractivity contribution in [1.82, 2.24) is 9.78 Å². The molecule has 0 spiro atoms. The van der Waals surface area contributed by atoms with Crippen LogP contribution in [-0.4, -0.2) is 15.7 Å². The molecule has 0 aliphatic heterocycles. The Labute approximate surface area is 119 Å². The van der Waals surface area contributed by atoms with E-state index in [0.29, 0.717) is 12.2 Å². The zero-order valence-electron chi connectivity index (χ0n) is 12.5. The van der Waals surface area contributed by atoms with Crippen LogP contribution >= 0.6 is 0 Å². The van der Waals surface area contributed by atoms with Crippen molar-refractivity contribution in [2.75, 3.05) is 5.32 Å². The normalized spacial score (nSPS) is 11.4. The lowest BCUT2D eigenvalue weighted by Crippen LogP contribution is -2.13. The van der Waals surface area contributed by atoms with Crippen LogP contribution in [0.2, 0.25) is 0 Å². The monoisotopic (exact) mass is 271 g/mol. The molecule has 0 bridgehead atoms. The Kier molecular flexibility index (Phi) is 3.93. The number of aromatic nitrogens is 2. The number of rotatable bonds is 3. The van der Waals surface area contributed by atoms with Gasteiger partial charge in [0.25, 0.3) is 0 Å². The van der Waals surface area contributed by atoms with Crippen LogP contribution in [0.25, 0.3) is 5.69 Å². The highest BCUT2D eigenvalue weighted by Crippen LogP contribution is 2.26. The third-order valence-corrected chi connectivity index (χ3v) is 3.07. The van der Waals surface area contributed by atoms with Crippen LogP contribution < -0.4 is 5.32 Å². The maximum Gasteiger partial charge on any atom is 0.225 e. The Hall–Kier alpha value is -2.10. The van der Waals surface area contributed by atoms with E-state index in [0.717, 1.165) is 11.4 Å². The predicted octanol–water partition coefficient (Wildman–Crippen LogP) is 3.52. The predicted molar refractivity (Wildman–Crippen MR) is 81.2 cm³/mol. The van der Waals surface area contributed by atoms with E-state index in [4.69, 9.17) is 0 Å². The number of carbonyl (C=O) groups is 1. The van der Waals surface area contributed by atoms with Gasteiger partial charge >= 0.3 is 0 Å². The first-order chi connectivity index (χ1) is 9.41. The van der Waals surface area contributed by atoms with Gasteiger partial charge in [0.2, 0.25) is 5.91 Å². The summed E-state index contributed by atoms with van der Waals surface area (Å²) >= 11 is 0. The molecule has 106 valence electrons. The summed E-state index contributed by atoms with van der Waals surface area (Å²) in [6.07, 6.45) is 0.449. The number of para-hydroxylation sites is 1. The SMILES string of the molecule is CCC(=O)Nc1cc(C(C)(C)C)nn1-c1ccccc1. The van der Waals surface area contributed by atoms with E-state index in [1.165, 1.54) is 0 Å². The van der Waals surface area contributed by atoms with Gasteiger partial charge in [-0.15, -0.1) is 0 Å². The molecule has 4 nitrogen and oxygen atoms in total. The second kappa shape index (κ2) is 5.49. The zero-order chi connectivity index (χ0) is 14.8. The van der Waals surface area contributed by atoms with Crippen LogP contribution in [0.1, 0.15) is 39.8 Å². The van der Waals surface area contributed by atoms with E-state index in [1.54, 1.807) is 4.68 Å². The fourth-order valence-corrected chi connectivity index (χ4v) is 1.83. The number of nitrogens with one attached hydrogen (secondary N) is 1. The molecule has 1 N–H and O–H groups in total. The molecule has 1 heterocycles. The first-order valence-electron chi connectivity index (χ1n) is 6.87. The average Bonchev–Trinajstić information content (AvgIpc) is 2.83. The summed E-state index contributed by atoms with van der Waals surface area (Å²) in [5, 5.41) is 7.55.